The molecule has 0 aromatic heterocycles. The topological polar surface area (TPSA) is 60.0 Å². The average molecular weight is 383 g/mol. The standard InChI is InChI=1S/C19H26N2O4.ClH/c22-18(21-8-11-23-12-9-21)14-24-16-1-2-17-15(13-16)3-10-25-19(17)4-6-20-7-5-19;/h1-2,13,20H,3-12,14H2;1H. The third-order valence-electron chi connectivity index (χ3n) is 5.45. The number of halogens is 1. The fourth-order valence-electron chi connectivity index (χ4n) is 4.04. The van der Waals surface area contributed by atoms with Crippen molar-refractivity contribution in [3.05, 3.63) is 29.3 Å². The summed E-state index contributed by atoms with van der Waals surface area (Å²) in [6, 6.07) is 6.20. The minimum absolute atomic E-state index is 0. The lowest BCUT2D eigenvalue weighted by molar-refractivity contribution is -0.137. The molecule has 2 fully saturated rings. The molecule has 2 saturated heterocycles. The van der Waals surface area contributed by atoms with Gasteiger partial charge in [0.1, 0.15) is 5.75 Å². The monoisotopic (exact) mass is 382 g/mol. The molecule has 3 heterocycles. The largest absolute Gasteiger partial charge is 0.484 e. The second-order valence-electron chi connectivity index (χ2n) is 6.94. The fourth-order valence-corrected chi connectivity index (χ4v) is 4.04. The normalized spacial score (nSPS) is 21.6. The zero-order valence-corrected chi connectivity index (χ0v) is 15.8. The molecule has 6 nitrogen and oxygen atoms in total. The number of nitrogens with zero attached hydrogens (tertiary/aromatic N) is 1. The van der Waals surface area contributed by atoms with Crippen LogP contribution in [0.25, 0.3) is 0 Å². The van der Waals surface area contributed by atoms with Crippen LogP contribution >= 0.6 is 12.4 Å². The molecule has 1 N–H and O–H groups in total. The van der Waals surface area contributed by atoms with Crippen LogP contribution in [0.4, 0.5) is 0 Å². The Balaban J connectivity index is 0.00000196. The summed E-state index contributed by atoms with van der Waals surface area (Å²) in [6.07, 6.45) is 2.92. The highest BCUT2D eigenvalue weighted by Gasteiger charge is 2.38. The van der Waals surface area contributed by atoms with E-state index < -0.39 is 0 Å². The van der Waals surface area contributed by atoms with E-state index in [1.165, 1.54) is 11.1 Å². The highest BCUT2D eigenvalue weighted by atomic mass is 35.5. The van der Waals surface area contributed by atoms with Crippen molar-refractivity contribution in [1.29, 1.82) is 0 Å². The molecule has 0 radical (unpaired) electrons. The van der Waals surface area contributed by atoms with E-state index in [9.17, 15) is 4.79 Å². The first-order valence-electron chi connectivity index (χ1n) is 9.23. The van der Waals surface area contributed by atoms with Crippen LogP contribution in [-0.4, -0.2) is 63.4 Å². The Morgan fingerprint density at radius 1 is 1.19 bits per heavy atom. The number of benzene rings is 1. The van der Waals surface area contributed by atoms with Gasteiger partial charge in [0.05, 0.1) is 25.4 Å². The smallest absolute Gasteiger partial charge is 0.260 e. The van der Waals surface area contributed by atoms with Crippen molar-refractivity contribution in [2.75, 3.05) is 52.6 Å². The van der Waals surface area contributed by atoms with Crippen molar-refractivity contribution in [3.8, 4) is 5.75 Å². The Hall–Kier alpha value is -1.34. The first-order chi connectivity index (χ1) is 12.3. The summed E-state index contributed by atoms with van der Waals surface area (Å²) in [5.41, 5.74) is 2.46. The van der Waals surface area contributed by atoms with Crippen molar-refractivity contribution in [3.63, 3.8) is 0 Å². The summed E-state index contributed by atoms with van der Waals surface area (Å²) in [6.45, 7) is 5.36. The van der Waals surface area contributed by atoms with Gasteiger partial charge in [-0.3, -0.25) is 4.79 Å². The highest BCUT2D eigenvalue weighted by Crippen LogP contribution is 2.41. The molecule has 1 amide bonds. The summed E-state index contributed by atoms with van der Waals surface area (Å²) < 4.78 is 17.3. The van der Waals surface area contributed by atoms with Crippen LogP contribution in [0, 0.1) is 0 Å². The van der Waals surface area contributed by atoms with E-state index in [0.29, 0.717) is 26.3 Å². The second-order valence-corrected chi connectivity index (χ2v) is 6.94. The lowest BCUT2D eigenvalue weighted by Crippen LogP contribution is -2.44. The Morgan fingerprint density at radius 2 is 1.96 bits per heavy atom. The number of ether oxygens (including phenoxy) is 3. The number of piperidine rings is 1. The van der Waals surface area contributed by atoms with Crippen molar-refractivity contribution >= 4 is 18.3 Å². The number of hydrogen-bond donors (Lipinski definition) is 1. The quantitative estimate of drug-likeness (QED) is 0.858. The maximum absolute atomic E-state index is 12.2. The zero-order valence-electron chi connectivity index (χ0n) is 15.0. The van der Waals surface area contributed by atoms with Gasteiger partial charge in [0.15, 0.2) is 6.61 Å². The van der Waals surface area contributed by atoms with Crippen LogP contribution in [-0.2, 0) is 26.3 Å². The molecule has 0 unspecified atom stereocenters. The maximum Gasteiger partial charge on any atom is 0.260 e. The number of carbonyl (C=O) groups is 1. The summed E-state index contributed by atoms with van der Waals surface area (Å²) in [7, 11) is 0. The number of nitrogens with one attached hydrogen (secondary N) is 1. The summed E-state index contributed by atoms with van der Waals surface area (Å²) in [5, 5.41) is 3.41. The zero-order chi connectivity index (χ0) is 17.1. The summed E-state index contributed by atoms with van der Waals surface area (Å²) in [4.78, 5) is 14.0. The Bertz CT molecular complexity index is 628. The number of rotatable bonds is 3. The third kappa shape index (κ3) is 3.98. The van der Waals surface area contributed by atoms with E-state index in [4.69, 9.17) is 14.2 Å². The molecule has 1 aromatic carbocycles. The first kappa shape index (κ1) is 19.4. The van der Waals surface area contributed by atoms with Crippen LogP contribution in [0.1, 0.15) is 24.0 Å². The van der Waals surface area contributed by atoms with Gasteiger partial charge in [-0.2, -0.15) is 0 Å². The predicted molar refractivity (Wildman–Crippen MR) is 100 cm³/mol. The van der Waals surface area contributed by atoms with E-state index >= 15 is 0 Å². The molecule has 144 valence electrons. The number of amides is 1. The van der Waals surface area contributed by atoms with Crippen LogP contribution in [0.5, 0.6) is 5.75 Å². The number of morpholine rings is 1. The molecular weight excluding hydrogens is 356 g/mol. The SMILES string of the molecule is Cl.O=C(COc1ccc2c(c1)CCOC21CCNCC1)N1CCOCC1. The van der Waals surface area contributed by atoms with E-state index in [-0.39, 0.29) is 30.5 Å². The molecule has 1 spiro atoms. The van der Waals surface area contributed by atoms with Crippen molar-refractivity contribution in [1.82, 2.24) is 10.2 Å². The molecular formula is C19H27ClN2O4. The van der Waals surface area contributed by atoms with Gasteiger partial charge in [0.2, 0.25) is 0 Å². The lowest BCUT2D eigenvalue weighted by Gasteiger charge is -2.42. The van der Waals surface area contributed by atoms with Gasteiger partial charge >= 0.3 is 0 Å². The van der Waals surface area contributed by atoms with E-state index in [1.54, 1.807) is 4.90 Å². The minimum Gasteiger partial charge on any atom is -0.484 e. The van der Waals surface area contributed by atoms with Gasteiger partial charge in [-0.1, -0.05) is 6.07 Å². The van der Waals surface area contributed by atoms with E-state index in [1.807, 2.05) is 6.07 Å². The third-order valence-corrected chi connectivity index (χ3v) is 5.45. The van der Waals surface area contributed by atoms with Crippen molar-refractivity contribution < 1.29 is 19.0 Å². The van der Waals surface area contributed by atoms with Crippen molar-refractivity contribution in [2.45, 2.75) is 24.9 Å². The van der Waals surface area contributed by atoms with Crippen LogP contribution in [0.15, 0.2) is 18.2 Å². The molecule has 0 atom stereocenters. The fraction of sp³-hybridized carbons (Fsp3) is 0.632. The highest BCUT2D eigenvalue weighted by molar-refractivity contribution is 5.85. The van der Waals surface area contributed by atoms with E-state index in [0.717, 1.165) is 44.7 Å². The molecule has 3 aliphatic heterocycles. The van der Waals surface area contributed by atoms with Gasteiger partial charge in [0, 0.05) is 13.1 Å². The molecule has 7 heteroatoms. The molecule has 26 heavy (non-hydrogen) atoms. The predicted octanol–water partition coefficient (Wildman–Crippen LogP) is 1.50. The molecule has 3 aliphatic rings. The Labute approximate surface area is 160 Å². The first-order valence-corrected chi connectivity index (χ1v) is 9.23. The number of carbonyl (C=O) groups excluding carboxylic acids is 1. The van der Waals surface area contributed by atoms with Gasteiger partial charge in [0.25, 0.3) is 5.91 Å². The van der Waals surface area contributed by atoms with Gasteiger partial charge < -0.3 is 24.4 Å². The number of fused-ring (bicyclic) bond motifs is 2. The second kappa shape index (κ2) is 8.57. The van der Waals surface area contributed by atoms with Crippen LogP contribution in [0.2, 0.25) is 0 Å². The minimum atomic E-state index is -0.138. The average Bonchev–Trinajstić information content (AvgIpc) is 2.67. The maximum atomic E-state index is 12.2. The van der Waals surface area contributed by atoms with Crippen LogP contribution in [0.3, 0.4) is 0 Å². The Morgan fingerprint density at radius 3 is 2.73 bits per heavy atom. The van der Waals surface area contributed by atoms with Gasteiger partial charge in [-0.25, -0.2) is 0 Å². The molecule has 4 rings (SSSR count). The lowest BCUT2D eigenvalue weighted by atomic mass is 9.80. The van der Waals surface area contributed by atoms with Gasteiger partial charge in [-0.05, 0) is 55.6 Å². The molecule has 0 saturated carbocycles. The van der Waals surface area contributed by atoms with Gasteiger partial charge in [-0.15, -0.1) is 12.4 Å². The summed E-state index contributed by atoms with van der Waals surface area (Å²) >= 11 is 0. The Kier molecular flexibility index (Phi) is 6.40. The van der Waals surface area contributed by atoms with E-state index in [2.05, 4.69) is 17.4 Å². The summed E-state index contributed by atoms with van der Waals surface area (Å²) in [5.74, 6) is 0.797. The molecule has 1 aromatic rings. The number of hydrogen-bond acceptors (Lipinski definition) is 5. The van der Waals surface area contributed by atoms with Crippen molar-refractivity contribution in [2.24, 2.45) is 0 Å². The van der Waals surface area contributed by atoms with Crippen LogP contribution < -0.4 is 10.1 Å². The molecule has 0 bridgehead atoms. The molecule has 0 aliphatic carbocycles.